The molecule has 0 radical (unpaired) electrons. The van der Waals surface area contributed by atoms with E-state index in [-0.39, 0.29) is 18.4 Å². The van der Waals surface area contributed by atoms with Crippen molar-refractivity contribution in [1.29, 1.82) is 0 Å². The minimum atomic E-state index is -0.308. The van der Waals surface area contributed by atoms with E-state index in [1.54, 1.807) is 18.3 Å². The predicted molar refractivity (Wildman–Crippen MR) is 85.8 cm³/mol. The number of nitrogens with zero attached hydrogens (tertiary/aromatic N) is 1. The van der Waals surface area contributed by atoms with Crippen LogP contribution in [-0.4, -0.2) is 29.9 Å². The minimum absolute atomic E-state index is 0.0446. The molecule has 0 aliphatic heterocycles. The van der Waals surface area contributed by atoms with Crippen LogP contribution in [0.2, 0.25) is 0 Å². The van der Waals surface area contributed by atoms with E-state index in [2.05, 4.69) is 15.6 Å². The van der Waals surface area contributed by atoms with E-state index in [9.17, 15) is 9.59 Å². The van der Waals surface area contributed by atoms with Gasteiger partial charge < -0.3 is 10.6 Å². The third kappa shape index (κ3) is 4.60. The Hall–Kier alpha value is -2.34. The van der Waals surface area contributed by atoms with Gasteiger partial charge in [0, 0.05) is 17.6 Å². The van der Waals surface area contributed by atoms with E-state index < -0.39 is 0 Å². The quantitative estimate of drug-likeness (QED) is 0.856. The maximum absolute atomic E-state index is 12.2. The highest BCUT2D eigenvalue weighted by Crippen LogP contribution is 2.28. The number of likely N-dealkylation sites (N-methyl/N-ethyl adjacent to an activating group) is 1. The predicted octanol–water partition coefficient (Wildman–Crippen LogP) is 2.10. The summed E-state index contributed by atoms with van der Waals surface area (Å²) in [6, 6.07) is 13.1. The second kappa shape index (κ2) is 8.19. The molecule has 1 aromatic carbocycles. The first-order valence-electron chi connectivity index (χ1n) is 6.93. The van der Waals surface area contributed by atoms with Gasteiger partial charge in [-0.2, -0.15) is 0 Å². The normalized spacial score (nSPS) is 10.0. The molecule has 0 saturated heterocycles. The first kappa shape index (κ1) is 16.0. The largest absolute Gasteiger partial charge is 0.355 e. The molecule has 2 amide bonds. The highest BCUT2D eigenvalue weighted by molar-refractivity contribution is 7.99. The van der Waals surface area contributed by atoms with Gasteiger partial charge in [0.1, 0.15) is 5.03 Å². The zero-order chi connectivity index (χ0) is 15.8. The fourth-order valence-electron chi connectivity index (χ4n) is 1.76. The van der Waals surface area contributed by atoms with Crippen molar-refractivity contribution in [2.45, 2.75) is 16.8 Å². The molecule has 0 spiro atoms. The molecule has 22 heavy (non-hydrogen) atoms. The molecule has 6 heteroatoms. The van der Waals surface area contributed by atoms with Gasteiger partial charge in [-0.3, -0.25) is 9.59 Å². The Morgan fingerprint density at radius 2 is 1.86 bits per heavy atom. The highest BCUT2D eigenvalue weighted by atomic mass is 32.2. The first-order chi connectivity index (χ1) is 10.7. The maximum atomic E-state index is 12.2. The van der Waals surface area contributed by atoms with Crippen LogP contribution in [0.4, 0.5) is 0 Å². The van der Waals surface area contributed by atoms with E-state index in [0.717, 1.165) is 4.90 Å². The summed E-state index contributed by atoms with van der Waals surface area (Å²) < 4.78 is 0. The number of rotatable bonds is 6. The van der Waals surface area contributed by atoms with Crippen LogP contribution >= 0.6 is 11.8 Å². The molecule has 1 aromatic heterocycles. The lowest BCUT2D eigenvalue weighted by atomic mass is 10.2. The fourth-order valence-corrected chi connectivity index (χ4v) is 2.66. The Labute approximate surface area is 133 Å². The van der Waals surface area contributed by atoms with Gasteiger partial charge >= 0.3 is 0 Å². The summed E-state index contributed by atoms with van der Waals surface area (Å²) in [4.78, 5) is 28.9. The smallest absolute Gasteiger partial charge is 0.254 e. The molecule has 2 aromatic rings. The van der Waals surface area contributed by atoms with Gasteiger partial charge in [0.15, 0.2) is 0 Å². The molecule has 0 aliphatic rings. The Kier molecular flexibility index (Phi) is 5.97. The molecule has 1 heterocycles. The Balaban J connectivity index is 2.07. The minimum Gasteiger partial charge on any atom is -0.355 e. The van der Waals surface area contributed by atoms with Crippen molar-refractivity contribution < 1.29 is 9.59 Å². The number of benzene rings is 1. The van der Waals surface area contributed by atoms with Crippen molar-refractivity contribution in [3.05, 3.63) is 54.2 Å². The molecule has 0 bridgehead atoms. The molecule has 0 unspecified atom stereocenters. The van der Waals surface area contributed by atoms with Gasteiger partial charge in [-0.25, -0.2) is 4.98 Å². The van der Waals surface area contributed by atoms with E-state index in [1.807, 2.05) is 37.3 Å². The second-order valence-electron chi connectivity index (χ2n) is 4.41. The summed E-state index contributed by atoms with van der Waals surface area (Å²) in [6.07, 6.45) is 1.64. The molecule has 2 rings (SSSR count). The molecule has 0 fully saturated rings. The van der Waals surface area contributed by atoms with Gasteiger partial charge in [-0.1, -0.05) is 30.0 Å². The maximum Gasteiger partial charge on any atom is 0.254 e. The summed E-state index contributed by atoms with van der Waals surface area (Å²) >= 11 is 1.41. The standard InChI is InChI=1S/C16H17N3O2S/c1-2-17-14(20)11-19-15(21)13-9-6-10-18-16(13)22-12-7-4-3-5-8-12/h3-10H,2,11H2,1H3,(H,17,20)(H,19,21). The third-order valence-electron chi connectivity index (χ3n) is 2.76. The van der Waals surface area contributed by atoms with Gasteiger partial charge in [-0.15, -0.1) is 0 Å². The van der Waals surface area contributed by atoms with Crippen molar-refractivity contribution >= 4 is 23.6 Å². The van der Waals surface area contributed by atoms with E-state index in [4.69, 9.17) is 0 Å². The van der Waals surface area contributed by atoms with Crippen LogP contribution in [0.1, 0.15) is 17.3 Å². The van der Waals surface area contributed by atoms with Crippen LogP contribution < -0.4 is 10.6 Å². The van der Waals surface area contributed by atoms with E-state index in [1.165, 1.54) is 11.8 Å². The zero-order valence-corrected chi connectivity index (χ0v) is 13.0. The number of amides is 2. The molecule has 2 N–H and O–H groups in total. The number of nitrogens with one attached hydrogen (secondary N) is 2. The number of hydrogen-bond acceptors (Lipinski definition) is 4. The zero-order valence-electron chi connectivity index (χ0n) is 12.2. The van der Waals surface area contributed by atoms with Crippen molar-refractivity contribution in [2.24, 2.45) is 0 Å². The van der Waals surface area contributed by atoms with Gasteiger partial charge in [0.05, 0.1) is 12.1 Å². The summed E-state index contributed by atoms with van der Waals surface area (Å²) in [5, 5.41) is 5.85. The van der Waals surface area contributed by atoms with Crippen molar-refractivity contribution in [1.82, 2.24) is 15.6 Å². The number of pyridine rings is 1. The van der Waals surface area contributed by atoms with Crippen LogP contribution in [0.25, 0.3) is 0 Å². The summed E-state index contributed by atoms with van der Waals surface area (Å²) in [5.41, 5.74) is 0.459. The fraction of sp³-hybridized carbons (Fsp3) is 0.188. The number of carbonyl (C=O) groups is 2. The number of hydrogen-bond donors (Lipinski definition) is 2. The summed E-state index contributed by atoms with van der Waals surface area (Å²) in [6.45, 7) is 2.32. The molecule has 5 nitrogen and oxygen atoms in total. The number of aromatic nitrogens is 1. The monoisotopic (exact) mass is 315 g/mol. The molecule has 0 aliphatic carbocycles. The summed E-state index contributed by atoms with van der Waals surface area (Å²) in [7, 11) is 0. The molecular weight excluding hydrogens is 298 g/mol. The van der Waals surface area contributed by atoms with E-state index >= 15 is 0 Å². The first-order valence-corrected chi connectivity index (χ1v) is 7.75. The SMILES string of the molecule is CCNC(=O)CNC(=O)c1cccnc1Sc1ccccc1. The Morgan fingerprint density at radius 3 is 2.59 bits per heavy atom. The highest BCUT2D eigenvalue weighted by Gasteiger charge is 2.14. The topological polar surface area (TPSA) is 71.1 Å². The van der Waals surface area contributed by atoms with Crippen LogP contribution in [0.15, 0.2) is 58.6 Å². The third-order valence-corrected chi connectivity index (χ3v) is 3.78. The van der Waals surface area contributed by atoms with Crippen LogP contribution in [0.3, 0.4) is 0 Å². The lowest BCUT2D eigenvalue weighted by Crippen LogP contribution is -2.36. The molecule has 0 atom stereocenters. The van der Waals surface area contributed by atoms with Gasteiger partial charge in [0.25, 0.3) is 5.91 Å². The van der Waals surface area contributed by atoms with E-state index in [0.29, 0.717) is 17.1 Å². The van der Waals surface area contributed by atoms with Gasteiger partial charge in [-0.05, 0) is 31.2 Å². The Morgan fingerprint density at radius 1 is 1.09 bits per heavy atom. The average molecular weight is 315 g/mol. The van der Waals surface area contributed by atoms with Crippen LogP contribution in [0.5, 0.6) is 0 Å². The Bertz CT molecular complexity index is 647. The molecular formula is C16H17N3O2S. The lowest BCUT2D eigenvalue weighted by molar-refractivity contribution is -0.120. The van der Waals surface area contributed by atoms with Crippen molar-refractivity contribution in [3.63, 3.8) is 0 Å². The second-order valence-corrected chi connectivity index (χ2v) is 5.47. The van der Waals surface area contributed by atoms with Crippen LogP contribution in [0, 0.1) is 0 Å². The molecule has 114 valence electrons. The molecule has 0 saturated carbocycles. The van der Waals surface area contributed by atoms with Crippen LogP contribution in [-0.2, 0) is 4.79 Å². The number of carbonyl (C=O) groups excluding carboxylic acids is 2. The average Bonchev–Trinajstić information content (AvgIpc) is 2.54. The summed E-state index contributed by atoms with van der Waals surface area (Å²) in [5.74, 6) is -0.519. The van der Waals surface area contributed by atoms with Crippen molar-refractivity contribution in [3.8, 4) is 0 Å². The van der Waals surface area contributed by atoms with Gasteiger partial charge in [0.2, 0.25) is 5.91 Å². The lowest BCUT2D eigenvalue weighted by Gasteiger charge is -2.09. The van der Waals surface area contributed by atoms with Crippen molar-refractivity contribution in [2.75, 3.05) is 13.1 Å².